The molecule has 0 aliphatic rings. The molecule has 0 fully saturated rings. The lowest BCUT2D eigenvalue weighted by Crippen LogP contribution is -2.41. The van der Waals surface area contributed by atoms with E-state index in [-0.39, 0.29) is 5.56 Å². The second kappa shape index (κ2) is 8.64. The predicted molar refractivity (Wildman–Crippen MR) is 101 cm³/mol. The van der Waals surface area contributed by atoms with Crippen molar-refractivity contribution in [3.8, 4) is 5.75 Å². The zero-order chi connectivity index (χ0) is 20.0. The molecule has 6 nitrogen and oxygen atoms in total. The maximum absolute atomic E-state index is 13.6. The Morgan fingerprint density at radius 1 is 0.893 bits per heavy atom. The van der Waals surface area contributed by atoms with Crippen LogP contribution in [-0.2, 0) is 16.6 Å². The molecule has 0 radical (unpaired) electrons. The van der Waals surface area contributed by atoms with E-state index in [4.69, 9.17) is 4.74 Å². The van der Waals surface area contributed by atoms with Gasteiger partial charge in [0.25, 0.3) is 15.9 Å². The number of sulfonamides is 1. The Bertz CT molecular complexity index is 1060. The Morgan fingerprint density at radius 3 is 2.21 bits per heavy atom. The van der Waals surface area contributed by atoms with Gasteiger partial charge in [0.05, 0.1) is 0 Å². The molecule has 3 aromatic carbocycles. The van der Waals surface area contributed by atoms with Gasteiger partial charge < -0.3 is 4.74 Å². The summed E-state index contributed by atoms with van der Waals surface area (Å²) in [5.41, 5.74) is 3.14. The van der Waals surface area contributed by atoms with Crippen LogP contribution in [0.25, 0.3) is 0 Å². The van der Waals surface area contributed by atoms with Crippen molar-refractivity contribution >= 4 is 15.9 Å². The summed E-state index contributed by atoms with van der Waals surface area (Å²) in [6.45, 7) is 0.325. The number of benzene rings is 3. The fourth-order valence-corrected chi connectivity index (χ4v) is 3.26. The van der Waals surface area contributed by atoms with E-state index in [9.17, 15) is 17.6 Å². The summed E-state index contributed by atoms with van der Waals surface area (Å²) in [5, 5.41) is 0. The molecule has 2 N–H and O–H groups in total. The van der Waals surface area contributed by atoms with Crippen LogP contribution in [0.15, 0.2) is 83.8 Å². The molecule has 0 spiro atoms. The number of carbonyl (C=O) groups excluding carboxylic acids is 1. The first-order chi connectivity index (χ1) is 13.5. The van der Waals surface area contributed by atoms with Crippen molar-refractivity contribution < 1.29 is 22.3 Å². The van der Waals surface area contributed by atoms with Gasteiger partial charge in [-0.3, -0.25) is 10.2 Å². The molecule has 144 valence electrons. The molecule has 0 aliphatic carbocycles. The molecule has 0 aromatic heterocycles. The third kappa shape index (κ3) is 4.93. The van der Waals surface area contributed by atoms with E-state index >= 15 is 0 Å². The number of ether oxygens (including phenoxy) is 1. The SMILES string of the molecule is O=C(NNS(=O)(=O)c1ccccc1F)c1ccc(COc2ccccc2)cc1. The summed E-state index contributed by atoms with van der Waals surface area (Å²) < 4.78 is 43.4. The van der Waals surface area contributed by atoms with Gasteiger partial charge in [0, 0.05) is 5.56 Å². The molecule has 0 atom stereocenters. The van der Waals surface area contributed by atoms with Gasteiger partial charge in [0.15, 0.2) is 0 Å². The Balaban J connectivity index is 1.58. The Labute approximate surface area is 162 Å². The third-order valence-electron chi connectivity index (χ3n) is 3.79. The number of hydrazine groups is 1. The van der Waals surface area contributed by atoms with Crippen molar-refractivity contribution in [2.24, 2.45) is 0 Å². The van der Waals surface area contributed by atoms with Gasteiger partial charge in [0.2, 0.25) is 0 Å². The average molecular weight is 400 g/mol. The number of amides is 1. The normalized spacial score (nSPS) is 11.0. The minimum atomic E-state index is -4.22. The number of hydrogen-bond donors (Lipinski definition) is 2. The van der Waals surface area contributed by atoms with E-state index in [2.05, 4.69) is 5.43 Å². The van der Waals surface area contributed by atoms with Crippen LogP contribution >= 0.6 is 0 Å². The first kappa shape index (κ1) is 19.5. The number of hydrogen-bond acceptors (Lipinski definition) is 4. The maximum Gasteiger partial charge on any atom is 0.266 e. The number of para-hydroxylation sites is 1. The van der Waals surface area contributed by atoms with E-state index in [0.717, 1.165) is 23.4 Å². The highest BCUT2D eigenvalue weighted by Gasteiger charge is 2.19. The predicted octanol–water partition coefficient (Wildman–Crippen LogP) is 3.03. The van der Waals surface area contributed by atoms with Gasteiger partial charge in [-0.15, -0.1) is 4.83 Å². The van der Waals surface area contributed by atoms with E-state index in [0.29, 0.717) is 6.61 Å². The fourth-order valence-electron chi connectivity index (χ4n) is 2.34. The quantitative estimate of drug-likeness (QED) is 0.597. The van der Waals surface area contributed by atoms with Crippen LogP contribution in [0, 0.1) is 5.82 Å². The third-order valence-corrected chi connectivity index (χ3v) is 5.07. The van der Waals surface area contributed by atoms with E-state index in [1.807, 2.05) is 35.2 Å². The van der Waals surface area contributed by atoms with Crippen molar-refractivity contribution in [2.75, 3.05) is 0 Å². The highest BCUT2D eigenvalue weighted by atomic mass is 32.2. The van der Waals surface area contributed by atoms with Crippen LogP contribution in [0.4, 0.5) is 4.39 Å². The van der Waals surface area contributed by atoms with Gasteiger partial charge in [-0.2, -0.15) is 0 Å². The molecule has 0 unspecified atom stereocenters. The minimum absolute atomic E-state index is 0.236. The van der Waals surface area contributed by atoms with Gasteiger partial charge >= 0.3 is 0 Å². The zero-order valence-corrected chi connectivity index (χ0v) is 15.4. The smallest absolute Gasteiger partial charge is 0.266 e. The first-order valence-electron chi connectivity index (χ1n) is 8.29. The Morgan fingerprint density at radius 2 is 1.54 bits per heavy atom. The molecular formula is C20H17FN2O4S. The fraction of sp³-hybridized carbons (Fsp3) is 0.0500. The standard InChI is InChI=1S/C20H17FN2O4S/c21-18-8-4-5-9-19(18)28(25,26)23-22-20(24)16-12-10-15(11-13-16)14-27-17-6-2-1-3-7-17/h1-13,23H,14H2,(H,22,24). The topological polar surface area (TPSA) is 84.5 Å². The lowest BCUT2D eigenvalue weighted by Gasteiger charge is -2.10. The van der Waals surface area contributed by atoms with Crippen LogP contribution in [0.5, 0.6) is 5.75 Å². The molecule has 0 aliphatic heterocycles. The van der Waals surface area contributed by atoms with E-state index in [1.54, 1.807) is 12.1 Å². The summed E-state index contributed by atoms with van der Waals surface area (Å²) in [6, 6.07) is 20.6. The number of rotatable bonds is 7. The maximum atomic E-state index is 13.6. The molecule has 8 heteroatoms. The second-order valence-electron chi connectivity index (χ2n) is 5.79. The second-order valence-corrected chi connectivity index (χ2v) is 7.44. The van der Waals surface area contributed by atoms with Gasteiger partial charge in [0.1, 0.15) is 23.1 Å². The highest BCUT2D eigenvalue weighted by molar-refractivity contribution is 7.89. The van der Waals surface area contributed by atoms with Crippen LogP contribution in [0.3, 0.4) is 0 Å². The van der Waals surface area contributed by atoms with E-state index < -0.39 is 26.6 Å². The van der Waals surface area contributed by atoms with Gasteiger partial charge in [-0.25, -0.2) is 12.8 Å². The molecule has 28 heavy (non-hydrogen) atoms. The number of nitrogens with one attached hydrogen (secondary N) is 2. The minimum Gasteiger partial charge on any atom is -0.489 e. The molecular weight excluding hydrogens is 383 g/mol. The largest absolute Gasteiger partial charge is 0.489 e. The van der Waals surface area contributed by atoms with Crippen molar-refractivity contribution in [2.45, 2.75) is 11.5 Å². The van der Waals surface area contributed by atoms with Crippen molar-refractivity contribution in [3.63, 3.8) is 0 Å². The molecule has 0 heterocycles. The Hall–Kier alpha value is -3.23. The lowest BCUT2D eigenvalue weighted by molar-refractivity contribution is 0.0945. The highest BCUT2D eigenvalue weighted by Crippen LogP contribution is 2.14. The monoisotopic (exact) mass is 400 g/mol. The molecule has 3 aromatic rings. The molecule has 0 bridgehead atoms. The van der Waals surface area contributed by atoms with Gasteiger partial charge in [-0.05, 0) is 42.0 Å². The molecule has 0 saturated carbocycles. The number of halogens is 1. The molecule has 0 saturated heterocycles. The summed E-state index contributed by atoms with van der Waals surface area (Å²) in [7, 11) is -4.22. The van der Waals surface area contributed by atoms with Crippen LogP contribution in [0.1, 0.15) is 15.9 Å². The summed E-state index contributed by atoms with van der Waals surface area (Å²) in [4.78, 5) is 13.5. The number of carbonyl (C=O) groups is 1. The van der Waals surface area contributed by atoms with Crippen molar-refractivity contribution in [1.29, 1.82) is 0 Å². The summed E-state index contributed by atoms with van der Waals surface area (Å²) >= 11 is 0. The van der Waals surface area contributed by atoms with Gasteiger partial charge in [-0.1, -0.05) is 42.5 Å². The first-order valence-corrected chi connectivity index (χ1v) is 9.77. The summed E-state index contributed by atoms with van der Waals surface area (Å²) in [6.07, 6.45) is 0. The van der Waals surface area contributed by atoms with Crippen LogP contribution in [0.2, 0.25) is 0 Å². The lowest BCUT2D eigenvalue weighted by atomic mass is 10.1. The van der Waals surface area contributed by atoms with Crippen LogP contribution in [-0.4, -0.2) is 14.3 Å². The Kier molecular flexibility index (Phi) is 6.03. The van der Waals surface area contributed by atoms with Crippen LogP contribution < -0.4 is 15.0 Å². The van der Waals surface area contributed by atoms with Crippen molar-refractivity contribution in [1.82, 2.24) is 10.3 Å². The van der Waals surface area contributed by atoms with Crippen molar-refractivity contribution in [3.05, 3.63) is 95.8 Å². The zero-order valence-electron chi connectivity index (χ0n) is 14.6. The summed E-state index contributed by atoms with van der Waals surface area (Å²) in [5.74, 6) is -0.852. The average Bonchev–Trinajstić information content (AvgIpc) is 2.72. The molecule has 3 rings (SSSR count). The van der Waals surface area contributed by atoms with E-state index in [1.165, 1.54) is 24.3 Å². The molecule has 1 amide bonds.